The largest absolute Gasteiger partial charge is 0.497 e. The van der Waals surface area contributed by atoms with Gasteiger partial charge in [-0.25, -0.2) is 0 Å². The van der Waals surface area contributed by atoms with E-state index in [0.717, 1.165) is 6.29 Å². The van der Waals surface area contributed by atoms with Crippen molar-refractivity contribution < 1.29 is 14.3 Å². The summed E-state index contributed by atoms with van der Waals surface area (Å²) in [6, 6.07) is 0. The highest BCUT2D eigenvalue weighted by molar-refractivity contribution is 9.10. The molecule has 0 aromatic carbocycles. The molecule has 0 saturated heterocycles. The molecule has 1 aliphatic carbocycles. The van der Waals surface area contributed by atoms with Crippen molar-refractivity contribution >= 4 is 22.2 Å². The summed E-state index contributed by atoms with van der Waals surface area (Å²) in [7, 11) is 3.13. The summed E-state index contributed by atoms with van der Waals surface area (Å²) in [5.74, 6) is 0.611. The Morgan fingerprint density at radius 3 is 2.77 bits per heavy atom. The number of methoxy groups -OCH3 is 2. The van der Waals surface area contributed by atoms with Gasteiger partial charge in [0, 0.05) is 19.1 Å². The molecule has 1 unspecified atom stereocenters. The summed E-state index contributed by atoms with van der Waals surface area (Å²) in [5, 5.41) is 0. The van der Waals surface area contributed by atoms with Crippen molar-refractivity contribution in [1.82, 2.24) is 0 Å². The van der Waals surface area contributed by atoms with E-state index in [4.69, 9.17) is 9.47 Å². The minimum Gasteiger partial charge on any atom is -0.497 e. The summed E-state index contributed by atoms with van der Waals surface area (Å²) in [6.45, 7) is 0. The first-order chi connectivity index (χ1) is 6.16. The van der Waals surface area contributed by atoms with Gasteiger partial charge < -0.3 is 9.47 Å². The van der Waals surface area contributed by atoms with Gasteiger partial charge in [-0.05, 0) is 22.0 Å². The predicted molar refractivity (Wildman–Crippen MR) is 52.5 cm³/mol. The van der Waals surface area contributed by atoms with Crippen molar-refractivity contribution in [1.29, 1.82) is 0 Å². The Balaban J connectivity index is 2.95. The minimum absolute atomic E-state index is 0.581. The molecular formula is C9H11BrO3. The monoisotopic (exact) mass is 246 g/mol. The van der Waals surface area contributed by atoms with E-state index in [9.17, 15) is 4.79 Å². The minimum atomic E-state index is -0.617. The fraction of sp³-hybridized carbons (Fsp3) is 0.444. The van der Waals surface area contributed by atoms with Crippen LogP contribution >= 0.6 is 15.9 Å². The number of allylic oxidation sites excluding steroid dienone is 2. The molecule has 4 heteroatoms. The lowest BCUT2D eigenvalue weighted by Crippen LogP contribution is -2.28. The maximum Gasteiger partial charge on any atom is 0.182 e. The third kappa shape index (κ3) is 2.00. The van der Waals surface area contributed by atoms with Crippen molar-refractivity contribution in [3.63, 3.8) is 0 Å². The van der Waals surface area contributed by atoms with E-state index in [0.29, 0.717) is 17.8 Å². The molecule has 0 radical (unpaired) electrons. The number of hydrogen-bond acceptors (Lipinski definition) is 3. The van der Waals surface area contributed by atoms with Crippen LogP contribution in [0.1, 0.15) is 6.42 Å². The van der Waals surface area contributed by atoms with Crippen LogP contribution in [0, 0.1) is 0 Å². The maximum absolute atomic E-state index is 10.5. The van der Waals surface area contributed by atoms with Crippen molar-refractivity contribution in [3.05, 3.63) is 23.5 Å². The number of carbonyl (C=O) groups is 1. The highest BCUT2D eigenvalue weighted by Gasteiger charge is 2.34. The molecule has 0 heterocycles. The van der Waals surface area contributed by atoms with Gasteiger partial charge in [-0.15, -0.1) is 0 Å². The maximum atomic E-state index is 10.5. The van der Waals surface area contributed by atoms with Crippen LogP contribution < -0.4 is 0 Å². The van der Waals surface area contributed by atoms with Crippen LogP contribution in [0.3, 0.4) is 0 Å². The number of hydrogen-bond donors (Lipinski definition) is 0. The van der Waals surface area contributed by atoms with Crippen LogP contribution in [-0.2, 0) is 14.3 Å². The molecular weight excluding hydrogens is 236 g/mol. The third-order valence-electron chi connectivity index (χ3n) is 1.95. The average molecular weight is 247 g/mol. The number of ether oxygens (including phenoxy) is 2. The smallest absolute Gasteiger partial charge is 0.182 e. The molecule has 0 N–H and O–H groups in total. The number of rotatable bonds is 3. The number of carbonyl (C=O) groups excluding carboxylic acids is 1. The average Bonchev–Trinajstić information content (AvgIpc) is 2.18. The molecule has 0 saturated carbocycles. The first kappa shape index (κ1) is 10.5. The molecule has 0 aromatic rings. The van der Waals surface area contributed by atoms with Crippen LogP contribution in [0.4, 0.5) is 0 Å². The Bertz CT molecular complexity index is 270. The lowest BCUT2D eigenvalue weighted by atomic mass is 10.0. The molecule has 0 spiro atoms. The van der Waals surface area contributed by atoms with Crippen molar-refractivity contribution in [2.24, 2.45) is 0 Å². The Morgan fingerprint density at radius 2 is 2.31 bits per heavy atom. The second kappa shape index (κ2) is 4.07. The first-order valence-corrected chi connectivity index (χ1v) is 4.61. The lowest BCUT2D eigenvalue weighted by molar-refractivity contribution is -0.104. The van der Waals surface area contributed by atoms with Crippen LogP contribution in [0.2, 0.25) is 0 Å². The van der Waals surface area contributed by atoms with Crippen molar-refractivity contribution in [2.45, 2.75) is 10.9 Å². The van der Waals surface area contributed by atoms with Gasteiger partial charge >= 0.3 is 0 Å². The normalized spacial score (nSPS) is 27.6. The van der Waals surface area contributed by atoms with Gasteiger partial charge in [0.25, 0.3) is 0 Å². The highest BCUT2D eigenvalue weighted by atomic mass is 79.9. The van der Waals surface area contributed by atoms with Gasteiger partial charge in [0.1, 0.15) is 12.0 Å². The van der Waals surface area contributed by atoms with Gasteiger partial charge in [-0.2, -0.15) is 0 Å². The molecule has 3 nitrogen and oxygen atoms in total. The Morgan fingerprint density at radius 1 is 1.62 bits per heavy atom. The van der Waals surface area contributed by atoms with Gasteiger partial charge in [-0.1, -0.05) is 6.08 Å². The van der Waals surface area contributed by atoms with E-state index in [1.165, 1.54) is 0 Å². The second-order valence-corrected chi connectivity index (χ2v) is 3.95. The summed E-state index contributed by atoms with van der Waals surface area (Å²) in [6.07, 6.45) is 4.83. The Hall–Kier alpha value is -0.610. The molecule has 0 amide bonds. The van der Waals surface area contributed by atoms with Gasteiger partial charge in [0.15, 0.2) is 4.51 Å². The van der Waals surface area contributed by atoms with Crippen LogP contribution in [0.25, 0.3) is 0 Å². The standard InChI is InChI=1S/C9H11BrO3/c1-12-8-5-7(6-11)3-4-9(8,10)13-2/h3,5-6H,4H2,1-2H3. The number of aldehydes is 1. The molecule has 0 bridgehead atoms. The van der Waals surface area contributed by atoms with Gasteiger partial charge in [0.2, 0.25) is 0 Å². The molecule has 72 valence electrons. The Labute approximate surface area is 85.5 Å². The SMILES string of the molecule is COC1=CC(C=O)=CCC1(Br)OC. The van der Waals surface area contributed by atoms with E-state index in [2.05, 4.69) is 15.9 Å². The number of alkyl halides is 1. The molecule has 0 fully saturated rings. The van der Waals surface area contributed by atoms with Gasteiger partial charge in [-0.3, -0.25) is 4.79 Å². The van der Waals surface area contributed by atoms with E-state index in [-0.39, 0.29) is 0 Å². The summed E-state index contributed by atoms with van der Waals surface area (Å²) >= 11 is 3.40. The summed E-state index contributed by atoms with van der Waals surface area (Å²) in [5.41, 5.74) is 0.615. The zero-order chi connectivity index (χ0) is 9.90. The van der Waals surface area contributed by atoms with Crippen LogP contribution in [0.5, 0.6) is 0 Å². The summed E-state index contributed by atoms with van der Waals surface area (Å²) < 4.78 is 9.74. The zero-order valence-electron chi connectivity index (χ0n) is 7.54. The van der Waals surface area contributed by atoms with Crippen molar-refractivity contribution in [3.8, 4) is 0 Å². The van der Waals surface area contributed by atoms with E-state index < -0.39 is 4.51 Å². The summed E-state index contributed by atoms with van der Waals surface area (Å²) in [4.78, 5) is 10.5. The van der Waals surface area contributed by atoms with E-state index in [1.807, 2.05) is 0 Å². The fourth-order valence-corrected chi connectivity index (χ4v) is 1.58. The fourth-order valence-electron chi connectivity index (χ4n) is 1.15. The van der Waals surface area contributed by atoms with Crippen molar-refractivity contribution in [2.75, 3.05) is 14.2 Å². The quantitative estimate of drug-likeness (QED) is 0.563. The molecule has 1 aliphatic rings. The second-order valence-electron chi connectivity index (χ2n) is 2.67. The van der Waals surface area contributed by atoms with Gasteiger partial charge in [0.05, 0.1) is 7.11 Å². The van der Waals surface area contributed by atoms with Crippen LogP contribution in [0.15, 0.2) is 23.5 Å². The molecule has 13 heavy (non-hydrogen) atoms. The lowest BCUT2D eigenvalue weighted by Gasteiger charge is -2.29. The van der Waals surface area contributed by atoms with E-state index >= 15 is 0 Å². The topological polar surface area (TPSA) is 35.5 Å². The molecule has 1 rings (SSSR count). The highest BCUT2D eigenvalue weighted by Crippen LogP contribution is 2.36. The number of halogens is 1. The zero-order valence-corrected chi connectivity index (χ0v) is 9.13. The molecule has 0 aromatic heterocycles. The first-order valence-electron chi connectivity index (χ1n) is 3.82. The van der Waals surface area contributed by atoms with E-state index in [1.54, 1.807) is 26.4 Å². The molecule has 1 atom stereocenters. The molecule has 0 aliphatic heterocycles. The van der Waals surface area contributed by atoms with Crippen LogP contribution in [-0.4, -0.2) is 25.0 Å². The Kier molecular flexibility index (Phi) is 3.27. The predicted octanol–water partition coefficient (Wildman–Crippen LogP) is 1.78. The third-order valence-corrected chi connectivity index (χ3v) is 2.98.